The molecule has 172 valence electrons. The van der Waals surface area contributed by atoms with Crippen LogP contribution in [0.1, 0.15) is 34.7 Å². The number of nitrogens with zero attached hydrogens (tertiary/aromatic N) is 3. The van der Waals surface area contributed by atoms with Crippen molar-refractivity contribution in [3.8, 4) is 11.4 Å². The number of phenolic OH excluding ortho intramolecular Hbond substituents is 1. The molecule has 0 saturated carbocycles. The first kappa shape index (κ1) is 22.7. The number of hydrogen-bond donors (Lipinski definition) is 2. The Labute approximate surface area is 213 Å². The van der Waals surface area contributed by atoms with E-state index < -0.39 is 0 Å². The quantitative estimate of drug-likeness (QED) is 0.301. The highest BCUT2D eigenvalue weighted by Crippen LogP contribution is 2.46. The molecule has 0 radical (unpaired) electrons. The van der Waals surface area contributed by atoms with Gasteiger partial charge in [0.1, 0.15) is 5.75 Å². The lowest BCUT2D eigenvalue weighted by Gasteiger charge is -2.28. The van der Waals surface area contributed by atoms with Gasteiger partial charge in [0.15, 0.2) is 5.11 Å². The van der Waals surface area contributed by atoms with Gasteiger partial charge in [0.2, 0.25) is 0 Å². The van der Waals surface area contributed by atoms with Crippen LogP contribution in [0.15, 0.2) is 72.9 Å². The predicted molar refractivity (Wildman–Crippen MR) is 141 cm³/mol. The van der Waals surface area contributed by atoms with Crippen molar-refractivity contribution in [1.82, 2.24) is 14.9 Å². The topological polar surface area (TPSA) is 53.3 Å². The van der Waals surface area contributed by atoms with Gasteiger partial charge in [-0.2, -0.15) is 0 Å². The minimum Gasteiger partial charge on any atom is -0.506 e. The normalized spacial score (nSPS) is 17.8. The summed E-state index contributed by atoms with van der Waals surface area (Å²) in [7, 11) is 0. The molecule has 5 nitrogen and oxygen atoms in total. The molecule has 3 heterocycles. The Morgan fingerprint density at radius 2 is 1.71 bits per heavy atom. The van der Waals surface area contributed by atoms with Gasteiger partial charge < -0.3 is 19.9 Å². The lowest BCUT2D eigenvalue weighted by molar-refractivity contribution is 0.472. The highest BCUT2D eigenvalue weighted by atomic mass is 35.5. The predicted octanol–water partition coefficient (Wildman–Crippen LogP) is 6.68. The van der Waals surface area contributed by atoms with E-state index in [2.05, 4.69) is 27.9 Å². The summed E-state index contributed by atoms with van der Waals surface area (Å²) in [5.74, 6) is 0.157. The van der Waals surface area contributed by atoms with Crippen molar-refractivity contribution in [2.24, 2.45) is 0 Å². The van der Waals surface area contributed by atoms with E-state index in [0.717, 1.165) is 28.3 Å². The van der Waals surface area contributed by atoms with Crippen LogP contribution in [0.5, 0.6) is 5.75 Å². The lowest BCUT2D eigenvalue weighted by atomic mass is 9.96. The smallest absolute Gasteiger partial charge is 0.174 e. The Hall–Kier alpha value is -3.06. The van der Waals surface area contributed by atoms with Crippen molar-refractivity contribution in [1.29, 1.82) is 0 Å². The van der Waals surface area contributed by atoms with E-state index in [1.807, 2.05) is 54.3 Å². The van der Waals surface area contributed by atoms with E-state index in [4.69, 9.17) is 35.4 Å². The number of thiocarbonyl (C=S) groups is 1. The molecule has 1 saturated heterocycles. The Morgan fingerprint density at radius 3 is 2.44 bits per heavy atom. The second kappa shape index (κ2) is 8.95. The molecule has 2 N–H and O–H groups in total. The van der Waals surface area contributed by atoms with Crippen molar-refractivity contribution >= 4 is 46.2 Å². The molecule has 8 heteroatoms. The first-order chi connectivity index (χ1) is 16.4. The van der Waals surface area contributed by atoms with E-state index in [0.29, 0.717) is 20.8 Å². The molecule has 0 aliphatic carbocycles. The van der Waals surface area contributed by atoms with E-state index in [1.54, 1.807) is 24.4 Å². The SMILES string of the molecule is Cc1cc([C@@H]2[C@H](c3ccccn3)NC(=S)N2c2ccccc2O)c(C)n1-c1cccc(Cl)c1Cl. The van der Waals surface area contributed by atoms with Crippen molar-refractivity contribution in [3.63, 3.8) is 0 Å². The summed E-state index contributed by atoms with van der Waals surface area (Å²) in [5.41, 5.74) is 5.35. The fourth-order valence-corrected chi connectivity index (χ4v) is 5.44. The van der Waals surface area contributed by atoms with Gasteiger partial charge in [-0.05, 0) is 74.1 Å². The zero-order valence-electron chi connectivity index (χ0n) is 18.5. The maximum Gasteiger partial charge on any atom is 0.174 e. The van der Waals surface area contributed by atoms with Crippen LogP contribution >= 0.6 is 35.4 Å². The van der Waals surface area contributed by atoms with Crippen molar-refractivity contribution in [2.75, 3.05) is 4.90 Å². The Bertz CT molecular complexity index is 1390. The molecule has 0 amide bonds. The Balaban J connectivity index is 1.72. The number of benzene rings is 2. The number of rotatable bonds is 4. The molecular formula is C26H22Cl2N4OS. The first-order valence-corrected chi connectivity index (χ1v) is 12.0. The standard InChI is InChI=1S/C26H22Cl2N4OS/c1-15-14-17(16(2)31(15)21-11-7-8-18(27)23(21)28)25-24(19-9-5-6-13-29-19)30-26(34)32(25)20-10-3-4-12-22(20)33/h3-14,24-25,33H,1-2H3,(H,30,34)/t24-,25+/m0/s1. The van der Waals surface area contributed by atoms with Gasteiger partial charge in [0, 0.05) is 17.6 Å². The Morgan fingerprint density at radius 1 is 0.971 bits per heavy atom. The molecule has 34 heavy (non-hydrogen) atoms. The van der Waals surface area contributed by atoms with E-state index in [9.17, 15) is 5.11 Å². The maximum absolute atomic E-state index is 10.7. The highest BCUT2D eigenvalue weighted by Gasteiger charge is 2.43. The van der Waals surface area contributed by atoms with Gasteiger partial charge in [-0.25, -0.2) is 0 Å². The van der Waals surface area contributed by atoms with Gasteiger partial charge in [0.05, 0.1) is 39.2 Å². The van der Waals surface area contributed by atoms with E-state index >= 15 is 0 Å². The average molecular weight is 509 g/mol. The van der Waals surface area contributed by atoms with Crippen molar-refractivity contribution in [3.05, 3.63) is 106 Å². The van der Waals surface area contributed by atoms with Crippen LogP contribution in [-0.4, -0.2) is 19.8 Å². The van der Waals surface area contributed by atoms with Crippen LogP contribution in [0.4, 0.5) is 5.69 Å². The number of aromatic nitrogens is 2. The monoisotopic (exact) mass is 508 g/mol. The number of aryl methyl sites for hydroxylation is 1. The van der Waals surface area contributed by atoms with Crippen LogP contribution in [0.25, 0.3) is 5.69 Å². The zero-order chi connectivity index (χ0) is 24.0. The first-order valence-electron chi connectivity index (χ1n) is 10.8. The molecule has 2 atom stereocenters. The average Bonchev–Trinajstić information content (AvgIpc) is 3.32. The van der Waals surface area contributed by atoms with Crippen LogP contribution in [-0.2, 0) is 0 Å². The summed E-state index contributed by atoms with van der Waals surface area (Å²) in [6.45, 7) is 4.09. The second-order valence-corrected chi connectivity index (χ2v) is 9.39. The largest absolute Gasteiger partial charge is 0.506 e. The van der Waals surface area contributed by atoms with Crippen LogP contribution in [0.3, 0.4) is 0 Å². The van der Waals surface area contributed by atoms with E-state index in [-0.39, 0.29) is 17.8 Å². The van der Waals surface area contributed by atoms with Crippen LogP contribution in [0.2, 0.25) is 10.0 Å². The number of para-hydroxylation sites is 2. The molecule has 2 aromatic heterocycles. The molecule has 0 bridgehead atoms. The number of halogens is 2. The molecule has 0 spiro atoms. The molecule has 1 aliphatic heterocycles. The number of phenols is 1. The van der Waals surface area contributed by atoms with Crippen LogP contribution in [0, 0.1) is 13.8 Å². The molecule has 0 unspecified atom stereocenters. The number of pyridine rings is 1. The summed E-state index contributed by atoms with van der Waals surface area (Å²) in [6, 6.07) is 20.3. The summed E-state index contributed by atoms with van der Waals surface area (Å²) >= 11 is 18.7. The zero-order valence-corrected chi connectivity index (χ0v) is 20.9. The fraction of sp³-hybridized carbons (Fsp3) is 0.154. The minimum absolute atomic E-state index is 0.157. The summed E-state index contributed by atoms with van der Waals surface area (Å²) in [5, 5.41) is 15.7. The third-order valence-electron chi connectivity index (χ3n) is 6.20. The van der Waals surface area contributed by atoms with Crippen LogP contribution < -0.4 is 10.2 Å². The number of anilines is 1. The molecule has 1 aliphatic rings. The minimum atomic E-state index is -0.256. The third kappa shape index (κ3) is 3.72. The third-order valence-corrected chi connectivity index (χ3v) is 7.32. The fourth-order valence-electron chi connectivity index (χ4n) is 4.72. The van der Waals surface area contributed by atoms with Crippen molar-refractivity contribution in [2.45, 2.75) is 25.9 Å². The van der Waals surface area contributed by atoms with Gasteiger partial charge in [-0.15, -0.1) is 0 Å². The van der Waals surface area contributed by atoms with Gasteiger partial charge >= 0.3 is 0 Å². The molecular weight excluding hydrogens is 487 g/mol. The number of aromatic hydroxyl groups is 1. The molecule has 4 aromatic rings. The van der Waals surface area contributed by atoms with Crippen molar-refractivity contribution < 1.29 is 5.11 Å². The number of nitrogens with one attached hydrogen (secondary N) is 1. The van der Waals surface area contributed by atoms with Gasteiger partial charge in [0.25, 0.3) is 0 Å². The second-order valence-electron chi connectivity index (χ2n) is 8.22. The molecule has 1 fully saturated rings. The number of hydrogen-bond acceptors (Lipinski definition) is 3. The summed E-state index contributed by atoms with van der Waals surface area (Å²) in [4.78, 5) is 6.58. The highest BCUT2D eigenvalue weighted by molar-refractivity contribution is 7.80. The molecule has 5 rings (SSSR count). The summed E-state index contributed by atoms with van der Waals surface area (Å²) < 4.78 is 2.10. The maximum atomic E-state index is 10.7. The lowest BCUT2D eigenvalue weighted by Crippen LogP contribution is -2.29. The van der Waals surface area contributed by atoms with Gasteiger partial charge in [-0.3, -0.25) is 4.98 Å². The Kier molecular flexibility index (Phi) is 5.98. The summed E-state index contributed by atoms with van der Waals surface area (Å²) in [6.07, 6.45) is 1.77. The molecule has 2 aromatic carbocycles. The van der Waals surface area contributed by atoms with Gasteiger partial charge in [-0.1, -0.05) is 47.5 Å². The van der Waals surface area contributed by atoms with E-state index in [1.165, 1.54) is 0 Å².